The van der Waals surface area contributed by atoms with Crippen LogP contribution in [0, 0.1) is 11.8 Å². The Bertz CT molecular complexity index is 426. The van der Waals surface area contributed by atoms with Gasteiger partial charge in [-0.25, -0.2) is 4.98 Å². The van der Waals surface area contributed by atoms with Crippen molar-refractivity contribution in [2.75, 3.05) is 6.54 Å². The Morgan fingerprint density at radius 3 is 2.75 bits per heavy atom. The van der Waals surface area contributed by atoms with Crippen LogP contribution in [0.2, 0.25) is 0 Å². The van der Waals surface area contributed by atoms with Crippen LogP contribution in [0.3, 0.4) is 0 Å². The molecule has 0 radical (unpaired) electrons. The van der Waals surface area contributed by atoms with Gasteiger partial charge in [-0.3, -0.25) is 0 Å². The summed E-state index contributed by atoms with van der Waals surface area (Å²) in [5.74, 6) is 2.00. The van der Waals surface area contributed by atoms with E-state index in [-0.39, 0.29) is 5.54 Å². The molecule has 0 saturated heterocycles. The van der Waals surface area contributed by atoms with E-state index in [0.717, 1.165) is 12.5 Å². The lowest BCUT2D eigenvalue weighted by atomic mass is 9.70. The fourth-order valence-electron chi connectivity index (χ4n) is 3.36. The topological polar surface area (TPSA) is 24.9 Å². The Morgan fingerprint density at radius 1 is 1.40 bits per heavy atom. The molecule has 2 rings (SSSR count). The van der Waals surface area contributed by atoms with Crippen LogP contribution >= 0.6 is 11.3 Å². The quantitative estimate of drug-likeness (QED) is 0.834. The zero-order valence-electron chi connectivity index (χ0n) is 13.7. The second kappa shape index (κ2) is 6.57. The van der Waals surface area contributed by atoms with Crippen molar-refractivity contribution in [1.29, 1.82) is 0 Å². The average Bonchev–Trinajstić information content (AvgIpc) is 2.90. The van der Waals surface area contributed by atoms with Gasteiger partial charge in [0.25, 0.3) is 0 Å². The summed E-state index contributed by atoms with van der Waals surface area (Å²) in [6.07, 6.45) is 5.10. The maximum absolute atomic E-state index is 5.00. The zero-order chi connectivity index (χ0) is 14.8. The van der Waals surface area contributed by atoms with Crippen molar-refractivity contribution in [3.63, 3.8) is 0 Å². The highest BCUT2D eigenvalue weighted by atomic mass is 32.1. The van der Waals surface area contributed by atoms with Gasteiger partial charge in [-0.15, -0.1) is 11.3 Å². The third kappa shape index (κ3) is 3.09. The number of nitrogens with one attached hydrogen (secondary N) is 1. The molecule has 114 valence electrons. The Balaban J connectivity index is 2.33. The lowest BCUT2D eigenvalue weighted by Gasteiger charge is -2.44. The van der Waals surface area contributed by atoms with Gasteiger partial charge in [0.15, 0.2) is 0 Å². The van der Waals surface area contributed by atoms with Crippen molar-refractivity contribution < 1.29 is 0 Å². The summed E-state index contributed by atoms with van der Waals surface area (Å²) in [7, 11) is 0. The van der Waals surface area contributed by atoms with Crippen LogP contribution in [0.25, 0.3) is 0 Å². The molecule has 0 aromatic carbocycles. The predicted octanol–water partition coefficient (Wildman–Crippen LogP) is 4.92. The second-order valence-corrected chi connectivity index (χ2v) is 7.78. The summed E-state index contributed by atoms with van der Waals surface area (Å²) in [5.41, 5.74) is 1.37. The van der Waals surface area contributed by atoms with E-state index < -0.39 is 0 Å². The van der Waals surface area contributed by atoms with E-state index >= 15 is 0 Å². The predicted molar refractivity (Wildman–Crippen MR) is 88.4 cm³/mol. The van der Waals surface area contributed by atoms with Crippen molar-refractivity contribution >= 4 is 11.3 Å². The lowest BCUT2D eigenvalue weighted by Crippen LogP contribution is -2.51. The first kappa shape index (κ1) is 16.0. The first-order valence-corrected chi connectivity index (χ1v) is 9.08. The van der Waals surface area contributed by atoms with Gasteiger partial charge < -0.3 is 5.32 Å². The Morgan fingerprint density at radius 2 is 2.15 bits per heavy atom. The minimum absolute atomic E-state index is 0.117. The number of hydrogen-bond donors (Lipinski definition) is 1. The molecule has 1 aromatic rings. The molecule has 1 saturated carbocycles. The summed E-state index contributed by atoms with van der Waals surface area (Å²) in [6.45, 7) is 12.6. The molecule has 1 fully saturated rings. The molecule has 0 spiro atoms. The molecule has 1 aliphatic carbocycles. The van der Waals surface area contributed by atoms with E-state index in [1.165, 1.54) is 36.4 Å². The maximum Gasteiger partial charge on any atom is 0.113 e. The summed E-state index contributed by atoms with van der Waals surface area (Å²) in [6, 6.07) is 0. The molecule has 1 aromatic heterocycles. The molecule has 1 heterocycles. The maximum atomic E-state index is 5.00. The van der Waals surface area contributed by atoms with Crippen molar-refractivity contribution in [3.05, 3.63) is 16.1 Å². The van der Waals surface area contributed by atoms with Gasteiger partial charge in [0.2, 0.25) is 0 Å². The monoisotopic (exact) mass is 294 g/mol. The van der Waals surface area contributed by atoms with E-state index in [1.807, 2.05) is 11.3 Å². The van der Waals surface area contributed by atoms with Crippen LogP contribution < -0.4 is 5.32 Å². The van der Waals surface area contributed by atoms with Crippen LogP contribution in [0.1, 0.15) is 76.9 Å². The molecule has 3 unspecified atom stereocenters. The second-order valence-electron chi connectivity index (χ2n) is 6.92. The first-order chi connectivity index (χ1) is 9.49. The van der Waals surface area contributed by atoms with Gasteiger partial charge >= 0.3 is 0 Å². The van der Waals surface area contributed by atoms with Gasteiger partial charge in [-0.2, -0.15) is 0 Å². The highest BCUT2D eigenvalue weighted by molar-refractivity contribution is 7.09. The summed E-state index contributed by atoms with van der Waals surface area (Å²) in [4.78, 5) is 5.00. The lowest BCUT2D eigenvalue weighted by molar-refractivity contribution is 0.118. The minimum atomic E-state index is 0.117. The largest absolute Gasteiger partial charge is 0.305 e. The van der Waals surface area contributed by atoms with Crippen molar-refractivity contribution in [3.8, 4) is 0 Å². The molecule has 20 heavy (non-hydrogen) atoms. The third-order valence-electron chi connectivity index (χ3n) is 4.79. The first-order valence-electron chi connectivity index (χ1n) is 8.20. The molecule has 0 bridgehead atoms. The highest BCUT2D eigenvalue weighted by Crippen LogP contribution is 2.45. The normalized spacial score (nSPS) is 30.9. The fourth-order valence-corrected chi connectivity index (χ4v) is 4.64. The van der Waals surface area contributed by atoms with Crippen LogP contribution in [0.5, 0.6) is 0 Å². The summed E-state index contributed by atoms with van der Waals surface area (Å²) >= 11 is 1.87. The van der Waals surface area contributed by atoms with Gasteiger partial charge in [-0.05, 0) is 43.6 Å². The molecule has 2 nitrogen and oxygen atoms in total. The minimum Gasteiger partial charge on any atom is -0.305 e. The van der Waals surface area contributed by atoms with Gasteiger partial charge in [0, 0.05) is 5.38 Å². The molecule has 0 aliphatic heterocycles. The Kier molecular flexibility index (Phi) is 5.25. The van der Waals surface area contributed by atoms with Crippen LogP contribution in [0.15, 0.2) is 5.38 Å². The molecule has 3 atom stereocenters. The molecule has 0 amide bonds. The van der Waals surface area contributed by atoms with Crippen LogP contribution in [-0.2, 0) is 5.54 Å². The summed E-state index contributed by atoms with van der Waals surface area (Å²) < 4.78 is 0. The smallest absolute Gasteiger partial charge is 0.113 e. The molecule has 1 N–H and O–H groups in total. The fraction of sp³-hybridized carbons (Fsp3) is 0.824. The van der Waals surface area contributed by atoms with Gasteiger partial charge in [0.05, 0.1) is 11.2 Å². The van der Waals surface area contributed by atoms with Crippen molar-refractivity contribution in [1.82, 2.24) is 10.3 Å². The SMILES string of the molecule is CCCNC1(c2nc(C(C)C)cs2)CC(C)CCC1C. The van der Waals surface area contributed by atoms with Crippen molar-refractivity contribution in [2.24, 2.45) is 11.8 Å². The molecule has 1 aliphatic rings. The Hall–Kier alpha value is -0.410. The Labute approximate surface area is 128 Å². The van der Waals surface area contributed by atoms with Gasteiger partial charge in [0.1, 0.15) is 5.01 Å². The number of thiazole rings is 1. The molecule has 3 heteroatoms. The summed E-state index contributed by atoms with van der Waals surface area (Å²) in [5, 5.41) is 7.47. The number of hydrogen-bond acceptors (Lipinski definition) is 3. The molecular formula is C17H30N2S. The van der Waals surface area contributed by atoms with E-state index in [4.69, 9.17) is 4.98 Å². The molecular weight excluding hydrogens is 264 g/mol. The van der Waals surface area contributed by atoms with Crippen molar-refractivity contribution in [2.45, 2.75) is 71.8 Å². The number of rotatable bonds is 5. The number of nitrogens with zero attached hydrogens (tertiary/aromatic N) is 1. The van der Waals surface area contributed by atoms with E-state index in [0.29, 0.717) is 11.8 Å². The van der Waals surface area contributed by atoms with E-state index in [1.54, 1.807) is 0 Å². The zero-order valence-corrected chi connectivity index (χ0v) is 14.5. The van der Waals surface area contributed by atoms with Crippen LogP contribution in [0.4, 0.5) is 0 Å². The van der Waals surface area contributed by atoms with Crippen LogP contribution in [-0.4, -0.2) is 11.5 Å². The van der Waals surface area contributed by atoms with Gasteiger partial charge in [-0.1, -0.05) is 41.0 Å². The number of aromatic nitrogens is 1. The highest BCUT2D eigenvalue weighted by Gasteiger charge is 2.43. The standard InChI is InChI=1S/C17H30N2S/c1-6-9-18-17(10-13(4)7-8-14(17)5)16-19-15(11-20-16)12(2)3/h11-14,18H,6-10H2,1-5H3. The van der Waals surface area contributed by atoms with E-state index in [9.17, 15) is 0 Å². The third-order valence-corrected chi connectivity index (χ3v) is 5.83. The van der Waals surface area contributed by atoms with E-state index in [2.05, 4.69) is 45.3 Å². The average molecular weight is 295 g/mol.